The fourth-order valence-electron chi connectivity index (χ4n) is 2.23. The quantitative estimate of drug-likeness (QED) is 0.593. The van der Waals surface area contributed by atoms with E-state index < -0.39 is 0 Å². The summed E-state index contributed by atoms with van der Waals surface area (Å²) < 4.78 is 5.77. The zero-order chi connectivity index (χ0) is 15.4. The van der Waals surface area contributed by atoms with E-state index in [0.717, 1.165) is 28.7 Å². The van der Waals surface area contributed by atoms with Gasteiger partial charge in [0.05, 0.1) is 6.21 Å². The van der Waals surface area contributed by atoms with Crippen molar-refractivity contribution in [2.45, 2.75) is 13.3 Å². The Morgan fingerprint density at radius 1 is 1.27 bits per heavy atom. The van der Waals surface area contributed by atoms with Crippen LogP contribution in [-0.2, 0) is 6.42 Å². The van der Waals surface area contributed by atoms with Gasteiger partial charge in [-0.25, -0.2) is 5.43 Å². The molecular formula is C17H15N3O2. The number of nitrogens with one attached hydrogen (secondary N) is 1. The van der Waals surface area contributed by atoms with Crippen LogP contribution in [-0.4, -0.2) is 17.1 Å². The van der Waals surface area contributed by atoms with E-state index in [1.54, 1.807) is 30.6 Å². The van der Waals surface area contributed by atoms with Gasteiger partial charge in [-0.2, -0.15) is 5.10 Å². The number of carbonyl (C=O) groups excluding carboxylic acids is 1. The lowest BCUT2D eigenvalue weighted by atomic mass is 10.1. The number of carbonyl (C=O) groups is 1. The maximum Gasteiger partial charge on any atom is 0.289 e. The molecule has 0 atom stereocenters. The summed E-state index contributed by atoms with van der Waals surface area (Å²) >= 11 is 0. The maximum absolute atomic E-state index is 11.9. The van der Waals surface area contributed by atoms with Gasteiger partial charge in [-0.05, 0) is 18.2 Å². The molecule has 5 nitrogen and oxygen atoms in total. The number of hydrogen-bond acceptors (Lipinski definition) is 4. The second kappa shape index (κ2) is 6.22. The molecule has 2 heterocycles. The average molecular weight is 293 g/mol. The first-order valence-electron chi connectivity index (χ1n) is 7.04. The molecule has 110 valence electrons. The predicted octanol–water partition coefficient (Wildman–Crippen LogP) is 3.15. The molecule has 3 rings (SSSR count). The highest BCUT2D eigenvalue weighted by Gasteiger charge is 2.10. The molecule has 0 unspecified atom stereocenters. The first-order valence-corrected chi connectivity index (χ1v) is 7.04. The summed E-state index contributed by atoms with van der Waals surface area (Å²) in [6.07, 6.45) is 3.94. The number of rotatable bonds is 4. The zero-order valence-corrected chi connectivity index (χ0v) is 12.1. The zero-order valence-electron chi connectivity index (χ0n) is 12.1. The van der Waals surface area contributed by atoms with Crippen LogP contribution in [0, 0.1) is 0 Å². The monoisotopic (exact) mass is 293 g/mol. The summed E-state index contributed by atoms with van der Waals surface area (Å²) in [6, 6.07) is 12.9. The van der Waals surface area contributed by atoms with E-state index in [9.17, 15) is 4.79 Å². The number of benzene rings is 1. The molecular weight excluding hydrogens is 278 g/mol. The highest BCUT2D eigenvalue weighted by molar-refractivity contribution is 6.00. The van der Waals surface area contributed by atoms with Gasteiger partial charge in [-0.15, -0.1) is 0 Å². The Morgan fingerprint density at radius 2 is 2.09 bits per heavy atom. The van der Waals surface area contributed by atoms with Gasteiger partial charge in [0.2, 0.25) is 0 Å². The molecule has 3 aromatic rings. The van der Waals surface area contributed by atoms with E-state index >= 15 is 0 Å². The van der Waals surface area contributed by atoms with Gasteiger partial charge in [0.15, 0.2) is 0 Å². The van der Waals surface area contributed by atoms with E-state index in [1.165, 1.54) is 0 Å². The third kappa shape index (κ3) is 2.74. The lowest BCUT2D eigenvalue weighted by molar-refractivity contribution is 0.0950. The number of nitrogens with zero attached hydrogens (tertiary/aromatic N) is 2. The van der Waals surface area contributed by atoms with Crippen molar-refractivity contribution in [2.75, 3.05) is 0 Å². The minimum atomic E-state index is -0.345. The van der Waals surface area contributed by atoms with Crippen LogP contribution >= 0.6 is 0 Å². The predicted molar refractivity (Wildman–Crippen MR) is 84.9 cm³/mol. The van der Waals surface area contributed by atoms with Crippen LogP contribution in [0.15, 0.2) is 58.2 Å². The number of para-hydroxylation sites is 1. The van der Waals surface area contributed by atoms with Crippen molar-refractivity contribution >= 4 is 23.1 Å². The van der Waals surface area contributed by atoms with Crippen LogP contribution in [0.1, 0.15) is 28.7 Å². The second-order valence-electron chi connectivity index (χ2n) is 4.70. The van der Waals surface area contributed by atoms with E-state index in [2.05, 4.69) is 15.5 Å². The van der Waals surface area contributed by atoms with Gasteiger partial charge in [0.25, 0.3) is 5.91 Å². The molecule has 1 amide bonds. The van der Waals surface area contributed by atoms with Gasteiger partial charge in [0.1, 0.15) is 17.0 Å². The van der Waals surface area contributed by atoms with Crippen LogP contribution in [0.2, 0.25) is 0 Å². The molecule has 0 aliphatic carbocycles. The van der Waals surface area contributed by atoms with Crippen molar-refractivity contribution in [1.82, 2.24) is 10.4 Å². The molecule has 0 fully saturated rings. The average Bonchev–Trinajstić information content (AvgIpc) is 2.93. The van der Waals surface area contributed by atoms with Gasteiger partial charge < -0.3 is 4.42 Å². The molecule has 0 bridgehead atoms. The van der Waals surface area contributed by atoms with Crippen LogP contribution < -0.4 is 5.43 Å². The number of hydrogen-bond donors (Lipinski definition) is 1. The van der Waals surface area contributed by atoms with Gasteiger partial charge >= 0.3 is 0 Å². The molecule has 0 saturated heterocycles. The smallest absolute Gasteiger partial charge is 0.289 e. The highest BCUT2D eigenvalue weighted by atomic mass is 16.3. The van der Waals surface area contributed by atoms with Crippen molar-refractivity contribution in [3.63, 3.8) is 0 Å². The number of hydrazone groups is 1. The number of aromatic nitrogens is 1. The van der Waals surface area contributed by atoms with E-state index in [1.807, 2.05) is 31.2 Å². The summed E-state index contributed by atoms with van der Waals surface area (Å²) in [4.78, 5) is 15.9. The molecule has 0 spiro atoms. The Kier molecular flexibility index (Phi) is 3.96. The van der Waals surface area contributed by atoms with E-state index in [4.69, 9.17) is 4.42 Å². The summed E-state index contributed by atoms with van der Waals surface area (Å²) in [6.45, 7) is 2.02. The van der Waals surface area contributed by atoms with Crippen LogP contribution in [0.25, 0.3) is 11.0 Å². The lowest BCUT2D eigenvalue weighted by Gasteiger charge is -1.98. The summed E-state index contributed by atoms with van der Waals surface area (Å²) in [5, 5.41) is 5.01. The summed E-state index contributed by atoms with van der Waals surface area (Å²) in [5.74, 6) is 0.500. The molecule has 2 aromatic heterocycles. The molecule has 0 aliphatic rings. The number of amides is 1. The SMILES string of the molecule is CCc1oc2ccccc2c1/C=N\NC(=O)c1ccccn1. The Bertz CT molecular complexity index is 822. The second-order valence-corrected chi connectivity index (χ2v) is 4.70. The fraction of sp³-hybridized carbons (Fsp3) is 0.118. The maximum atomic E-state index is 11.9. The highest BCUT2D eigenvalue weighted by Crippen LogP contribution is 2.24. The number of pyridine rings is 1. The van der Waals surface area contributed by atoms with Crippen molar-refractivity contribution < 1.29 is 9.21 Å². The van der Waals surface area contributed by atoms with Crippen molar-refractivity contribution in [3.8, 4) is 0 Å². The Morgan fingerprint density at radius 3 is 2.86 bits per heavy atom. The van der Waals surface area contributed by atoms with Gasteiger partial charge in [-0.3, -0.25) is 9.78 Å². The van der Waals surface area contributed by atoms with E-state index in [0.29, 0.717) is 5.69 Å². The molecule has 22 heavy (non-hydrogen) atoms. The molecule has 0 radical (unpaired) electrons. The van der Waals surface area contributed by atoms with Crippen molar-refractivity contribution in [3.05, 3.63) is 65.7 Å². The number of fused-ring (bicyclic) bond motifs is 1. The topological polar surface area (TPSA) is 67.5 Å². The number of aryl methyl sites for hydroxylation is 1. The van der Waals surface area contributed by atoms with Crippen molar-refractivity contribution in [1.29, 1.82) is 0 Å². The lowest BCUT2D eigenvalue weighted by Crippen LogP contribution is -2.18. The number of furan rings is 1. The van der Waals surface area contributed by atoms with Crippen LogP contribution in [0.4, 0.5) is 0 Å². The standard InChI is InChI=1S/C17H15N3O2/c1-2-15-13(12-7-3-4-9-16(12)22-15)11-19-20-17(21)14-8-5-6-10-18-14/h3-11H,2H2,1H3,(H,20,21)/b19-11-. The third-order valence-corrected chi connectivity index (χ3v) is 3.29. The Balaban J connectivity index is 1.82. The Labute approximate surface area is 127 Å². The summed E-state index contributed by atoms with van der Waals surface area (Å²) in [7, 11) is 0. The van der Waals surface area contributed by atoms with Gasteiger partial charge in [0, 0.05) is 23.6 Å². The molecule has 1 aromatic carbocycles. The molecule has 0 saturated carbocycles. The van der Waals surface area contributed by atoms with E-state index in [-0.39, 0.29) is 5.91 Å². The van der Waals surface area contributed by atoms with Crippen LogP contribution in [0.5, 0.6) is 0 Å². The fourth-order valence-corrected chi connectivity index (χ4v) is 2.23. The van der Waals surface area contributed by atoms with Crippen LogP contribution in [0.3, 0.4) is 0 Å². The molecule has 5 heteroatoms. The minimum Gasteiger partial charge on any atom is -0.460 e. The largest absolute Gasteiger partial charge is 0.460 e. The molecule has 1 N–H and O–H groups in total. The third-order valence-electron chi connectivity index (χ3n) is 3.29. The molecule has 0 aliphatic heterocycles. The normalized spacial score (nSPS) is 11.1. The minimum absolute atomic E-state index is 0.326. The van der Waals surface area contributed by atoms with Gasteiger partial charge in [-0.1, -0.05) is 31.2 Å². The summed E-state index contributed by atoms with van der Waals surface area (Å²) in [5.41, 5.74) is 4.51. The Hall–Kier alpha value is -2.95. The van der Waals surface area contributed by atoms with Crippen molar-refractivity contribution in [2.24, 2.45) is 5.10 Å². The first-order chi connectivity index (χ1) is 10.8. The first kappa shape index (κ1) is 14.0.